The Morgan fingerprint density at radius 3 is 2.32 bits per heavy atom. The van der Waals surface area contributed by atoms with Crippen LogP contribution in [-0.2, 0) is 0 Å². The van der Waals surface area contributed by atoms with Gasteiger partial charge in [-0.1, -0.05) is 78.9 Å². The van der Waals surface area contributed by atoms with Crippen molar-refractivity contribution < 1.29 is 0 Å². The fourth-order valence-electron chi connectivity index (χ4n) is 4.47. The van der Waals surface area contributed by atoms with Crippen LogP contribution in [0.4, 0.5) is 0 Å². The van der Waals surface area contributed by atoms with Crippen LogP contribution in [-0.4, -0.2) is 4.57 Å². The number of aryl methyl sites for hydroxylation is 1. The molecule has 0 fully saturated rings. The van der Waals surface area contributed by atoms with Gasteiger partial charge in [0.15, 0.2) is 0 Å². The standard InChI is InChI=1S/C30H25N/c1-4-8-26(9-5-2)31-29-11-7-6-10-27(29)28-20-25(16-17-30(28)31)24-15-14-22-18-21(3)12-13-23(22)19-24/h4-20H,1H2,2-3H3/b9-5-,26-8+. The second-order valence-electron chi connectivity index (χ2n) is 7.98. The molecule has 0 spiro atoms. The maximum Gasteiger partial charge on any atom is 0.0541 e. The van der Waals surface area contributed by atoms with Crippen LogP contribution >= 0.6 is 0 Å². The molecule has 0 bridgehead atoms. The third-order valence-corrected chi connectivity index (χ3v) is 5.89. The van der Waals surface area contributed by atoms with Gasteiger partial charge in [-0.3, -0.25) is 0 Å². The van der Waals surface area contributed by atoms with Crippen molar-refractivity contribution in [3.05, 3.63) is 115 Å². The quantitative estimate of drug-likeness (QED) is 0.267. The number of nitrogens with zero attached hydrogens (tertiary/aromatic N) is 1. The molecule has 0 radical (unpaired) electrons. The van der Waals surface area contributed by atoms with E-state index in [1.165, 1.54) is 49.3 Å². The summed E-state index contributed by atoms with van der Waals surface area (Å²) in [6, 6.07) is 28.8. The minimum absolute atomic E-state index is 1.11. The molecular formula is C30H25N. The zero-order chi connectivity index (χ0) is 21.4. The molecule has 1 aromatic heterocycles. The summed E-state index contributed by atoms with van der Waals surface area (Å²) in [5.41, 5.74) is 7.28. The predicted octanol–water partition coefficient (Wildman–Crippen LogP) is 8.53. The number of benzene rings is 4. The fourth-order valence-corrected chi connectivity index (χ4v) is 4.47. The van der Waals surface area contributed by atoms with E-state index in [0.29, 0.717) is 0 Å². The first-order valence-corrected chi connectivity index (χ1v) is 10.7. The van der Waals surface area contributed by atoms with Gasteiger partial charge < -0.3 is 4.57 Å². The molecule has 4 aromatic carbocycles. The minimum atomic E-state index is 1.11. The first-order chi connectivity index (χ1) is 15.2. The largest absolute Gasteiger partial charge is 0.309 e. The van der Waals surface area contributed by atoms with E-state index in [0.717, 1.165) is 5.70 Å². The minimum Gasteiger partial charge on any atom is -0.309 e. The normalized spacial score (nSPS) is 12.4. The van der Waals surface area contributed by atoms with Crippen LogP contribution in [0.25, 0.3) is 49.4 Å². The molecule has 1 heterocycles. The van der Waals surface area contributed by atoms with Crippen LogP contribution in [0, 0.1) is 6.92 Å². The van der Waals surface area contributed by atoms with Gasteiger partial charge in [-0.15, -0.1) is 0 Å². The molecule has 0 saturated carbocycles. The van der Waals surface area contributed by atoms with Crippen molar-refractivity contribution in [1.82, 2.24) is 4.57 Å². The number of fused-ring (bicyclic) bond motifs is 4. The second kappa shape index (κ2) is 7.77. The Hall–Kier alpha value is -3.84. The van der Waals surface area contributed by atoms with Crippen molar-refractivity contribution in [2.45, 2.75) is 13.8 Å². The third-order valence-electron chi connectivity index (χ3n) is 5.89. The summed E-state index contributed by atoms with van der Waals surface area (Å²) in [5, 5.41) is 5.08. The van der Waals surface area contributed by atoms with E-state index in [9.17, 15) is 0 Å². The van der Waals surface area contributed by atoms with Crippen molar-refractivity contribution in [3.8, 4) is 11.1 Å². The van der Waals surface area contributed by atoms with Crippen LogP contribution in [0.15, 0.2) is 110 Å². The molecule has 0 saturated heterocycles. The molecule has 1 nitrogen and oxygen atoms in total. The van der Waals surface area contributed by atoms with Gasteiger partial charge >= 0.3 is 0 Å². The molecule has 0 aliphatic heterocycles. The van der Waals surface area contributed by atoms with Gasteiger partial charge in [-0.05, 0) is 72.2 Å². The summed E-state index contributed by atoms with van der Waals surface area (Å²) in [6.07, 6.45) is 8.11. The van der Waals surface area contributed by atoms with Crippen LogP contribution < -0.4 is 0 Å². The van der Waals surface area contributed by atoms with E-state index in [2.05, 4.69) is 115 Å². The number of hydrogen-bond donors (Lipinski definition) is 0. The van der Waals surface area contributed by atoms with E-state index in [1.807, 2.05) is 13.0 Å². The van der Waals surface area contributed by atoms with Crippen molar-refractivity contribution >= 4 is 38.3 Å². The summed E-state index contributed by atoms with van der Waals surface area (Å²) in [4.78, 5) is 0. The number of hydrogen-bond acceptors (Lipinski definition) is 0. The molecule has 0 N–H and O–H groups in total. The molecule has 0 aliphatic carbocycles. The van der Waals surface area contributed by atoms with E-state index in [-0.39, 0.29) is 0 Å². The lowest BCUT2D eigenvalue weighted by Gasteiger charge is -2.09. The molecule has 0 unspecified atom stereocenters. The summed E-state index contributed by atoms with van der Waals surface area (Å²) >= 11 is 0. The first kappa shape index (κ1) is 19.1. The van der Waals surface area contributed by atoms with Crippen LogP contribution in [0.5, 0.6) is 0 Å². The van der Waals surface area contributed by atoms with Crippen LogP contribution in [0.2, 0.25) is 0 Å². The van der Waals surface area contributed by atoms with Crippen molar-refractivity contribution in [2.75, 3.05) is 0 Å². The first-order valence-electron chi connectivity index (χ1n) is 10.7. The number of allylic oxidation sites excluding steroid dienone is 5. The SMILES string of the molecule is C=C/C=C(\C=C/C)n1c2ccccc2c2cc(-c3ccc4cc(C)ccc4c3)ccc21. The molecule has 5 aromatic rings. The maximum atomic E-state index is 3.91. The fraction of sp³-hybridized carbons (Fsp3) is 0.0667. The molecule has 31 heavy (non-hydrogen) atoms. The Balaban J connectivity index is 1.76. The monoisotopic (exact) mass is 399 g/mol. The highest BCUT2D eigenvalue weighted by Gasteiger charge is 2.13. The maximum absolute atomic E-state index is 3.91. The van der Waals surface area contributed by atoms with Gasteiger partial charge in [0.05, 0.1) is 11.0 Å². The van der Waals surface area contributed by atoms with Gasteiger partial charge in [0.2, 0.25) is 0 Å². The Kier molecular flexibility index (Phi) is 4.80. The molecule has 5 rings (SSSR count). The lowest BCUT2D eigenvalue weighted by molar-refractivity contribution is 1.24. The Labute approximate surface area is 183 Å². The number of rotatable bonds is 4. The highest BCUT2D eigenvalue weighted by molar-refractivity contribution is 6.11. The zero-order valence-corrected chi connectivity index (χ0v) is 18.0. The molecule has 0 amide bonds. The zero-order valence-electron chi connectivity index (χ0n) is 18.0. The topological polar surface area (TPSA) is 4.93 Å². The van der Waals surface area contributed by atoms with Gasteiger partial charge in [0.25, 0.3) is 0 Å². The van der Waals surface area contributed by atoms with Crippen LogP contribution in [0.1, 0.15) is 12.5 Å². The molecular weight excluding hydrogens is 374 g/mol. The van der Waals surface area contributed by atoms with E-state index >= 15 is 0 Å². The Bertz CT molecular complexity index is 1510. The average molecular weight is 400 g/mol. The highest BCUT2D eigenvalue weighted by atomic mass is 15.0. The molecule has 1 heteroatoms. The summed E-state index contributed by atoms with van der Waals surface area (Å²) < 4.78 is 2.32. The highest BCUT2D eigenvalue weighted by Crippen LogP contribution is 2.35. The van der Waals surface area contributed by atoms with Gasteiger partial charge in [0, 0.05) is 16.5 Å². The summed E-state index contributed by atoms with van der Waals surface area (Å²) in [7, 11) is 0. The number of para-hydroxylation sites is 1. The van der Waals surface area contributed by atoms with E-state index < -0.39 is 0 Å². The molecule has 0 atom stereocenters. The van der Waals surface area contributed by atoms with Gasteiger partial charge in [-0.25, -0.2) is 0 Å². The van der Waals surface area contributed by atoms with Gasteiger partial charge in [0.1, 0.15) is 0 Å². The Morgan fingerprint density at radius 1 is 0.774 bits per heavy atom. The lowest BCUT2D eigenvalue weighted by atomic mass is 9.99. The van der Waals surface area contributed by atoms with Crippen molar-refractivity contribution in [2.24, 2.45) is 0 Å². The third kappa shape index (κ3) is 3.29. The summed E-state index contributed by atoms with van der Waals surface area (Å²) in [6.45, 7) is 8.10. The predicted molar refractivity (Wildman–Crippen MR) is 136 cm³/mol. The average Bonchev–Trinajstić information content (AvgIpc) is 3.12. The lowest BCUT2D eigenvalue weighted by Crippen LogP contribution is -1.94. The molecule has 150 valence electrons. The van der Waals surface area contributed by atoms with E-state index in [4.69, 9.17) is 0 Å². The molecule has 0 aliphatic rings. The second-order valence-corrected chi connectivity index (χ2v) is 7.98. The smallest absolute Gasteiger partial charge is 0.0541 e. The van der Waals surface area contributed by atoms with Crippen molar-refractivity contribution in [1.29, 1.82) is 0 Å². The summed E-state index contributed by atoms with van der Waals surface area (Å²) in [5.74, 6) is 0. The van der Waals surface area contributed by atoms with Crippen LogP contribution in [0.3, 0.4) is 0 Å². The van der Waals surface area contributed by atoms with Crippen molar-refractivity contribution in [3.63, 3.8) is 0 Å². The van der Waals surface area contributed by atoms with E-state index in [1.54, 1.807) is 0 Å². The number of aromatic nitrogens is 1. The Morgan fingerprint density at radius 2 is 1.48 bits per heavy atom. The van der Waals surface area contributed by atoms with Gasteiger partial charge in [-0.2, -0.15) is 0 Å².